The van der Waals surface area contributed by atoms with Crippen molar-refractivity contribution in [3.05, 3.63) is 83.9 Å². The normalized spacial score (nSPS) is 18.3. The highest BCUT2D eigenvalue weighted by Gasteiger charge is 2.41. The summed E-state index contributed by atoms with van der Waals surface area (Å²) < 4.78 is 7.00. The molecule has 31 heavy (non-hydrogen) atoms. The van der Waals surface area contributed by atoms with Gasteiger partial charge in [0.15, 0.2) is 5.11 Å². The van der Waals surface area contributed by atoms with Crippen molar-refractivity contribution in [1.29, 1.82) is 0 Å². The fourth-order valence-electron chi connectivity index (χ4n) is 4.09. The molecule has 1 aliphatic heterocycles. The predicted octanol–water partition coefficient (Wildman–Crippen LogP) is 4.29. The standard InChI is InChI=1S/C24H26N4O2S/c1-16(2)15-28-22(21(26-24(28)31)19-10-4-5-12-25-19)20-11-7-13-27(20)18-9-6-8-17(14-18)23(29)30-3/h4-14,16,21-22H,15H2,1-3H3,(H,26,31). The largest absolute Gasteiger partial charge is 0.465 e. The van der Waals surface area contributed by atoms with Gasteiger partial charge in [0.05, 0.1) is 30.5 Å². The molecule has 1 N–H and O–H groups in total. The molecule has 6 nitrogen and oxygen atoms in total. The molecule has 0 bridgehead atoms. The number of thiocarbonyl (C=S) groups is 1. The summed E-state index contributed by atoms with van der Waals surface area (Å²) in [6, 6.07) is 17.4. The van der Waals surface area contributed by atoms with Gasteiger partial charge in [-0.25, -0.2) is 4.79 Å². The van der Waals surface area contributed by atoms with Crippen molar-refractivity contribution in [2.24, 2.45) is 5.92 Å². The summed E-state index contributed by atoms with van der Waals surface area (Å²) in [4.78, 5) is 18.9. The van der Waals surface area contributed by atoms with Crippen LogP contribution in [-0.4, -0.2) is 39.2 Å². The fourth-order valence-corrected chi connectivity index (χ4v) is 4.40. The van der Waals surface area contributed by atoms with Crippen molar-refractivity contribution < 1.29 is 9.53 Å². The SMILES string of the molecule is COC(=O)c1cccc(-n2cccc2C2C(c3ccccn3)NC(=S)N2CC(C)C)c1. The molecule has 2 unspecified atom stereocenters. The monoisotopic (exact) mass is 434 g/mol. The van der Waals surface area contributed by atoms with Gasteiger partial charge in [-0.15, -0.1) is 0 Å². The number of rotatable bonds is 6. The number of hydrogen-bond acceptors (Lipinski definition) is 4. The molecule has 0 radical (unpaired) electrons. The molecule has 1 aromatic carbocycles. The Labute approximate surface area is 187 Å². The first-order chi connectivity index (χ1) is 15.0. The van der Waals surface area contributed by atoms with E-state index in [-0.39, 0.29) is 18.1 Å². The average molecular weight is 435 g/mol. The maximum absolute atomic E-state index is 12.1. The number of hydrogen-bond donors (Lipinski definition) is 1. The van der Waals surface area contributed by atoms with Crippen LogP contribution < -0.4 is 5.32 Å². The summed E-state index contributed by atoms with van der Waals surface area (Å²) in [5.41, 5.74) is 3.42. The molecule has 160 valence electrons. The second-order valence-electron chi connectivity index (χ2n) is 8.02. The Hall–Kier alpha value is -3.19. The second-order valence-corrected chi connectivity index (χ2v) is 8.40. The van der Waals surface area contributed by atoms with Crippen LogP contribution in [0.5, 0.6) is 0 Å². The number of methoxy groups -OCH3 is 1. The van der Waals surface area contributed by atoms with E-state index in [0.29, 0.717) is 11.5 Å². The van der Waals surface area contributed by atoms with E-state index in [0.717, 1.165) is 28.7 Å². The summed E-state index contributed by atoms with van der Waals surface area (Å²) in [6.07, 6.45) is 3.82. The Morgan fingerprint density at radius 2 is 2.03 bits per heavy atom. The van der Waals surface area contributed by atoms with Crippen molar-refractivity contribution in [2.75, 3.05) is 13.7 Å². The third-order valence-electron chi connectivity index (χ3n) is 5.39. The maximum atomic E-state index is 12.1. The molecule has 4 rings (SSSR count). The molecule has 0 saturated carbocycles. The van der Waals surface area contributed by atoms with Gasteiger partial charge in [-0.3, -0.25) is 4.98 Å². The van der Waals surface area contributed by atoms with Crippen LogP contribution in [0.4, 0.5) is 0 Å². The zero-order chi connectivity index (χ0) is 22.0. The van der Waals surface area contributed by atoms with Gasteiger partial charge < -0.3 is 19.5 Å². The van der Waals surface area contributed by atoms with Gasteiger partial charge in [-0.05, 0) is 60.6 Å². The van der Waals surface area contributed by atoms with Crippen LogP contribution in [0.25, 0.3) is 5.69 Å². The van der Waals surface area contributed by atoms with Crippen LogP contribution >= 0.6 is 12.2 Å². The van der Waals surface area contributed by atoms with E-state index >= 15 is 0 Å². The van der Waals surface area contributed by atoms with E-state index in [4.69, 9.17) is 17.0 Å². The lowest BCUT2D eigenvalue weighted by molar-refractivity contribution is 0.0600. The van der Waals surface area contributed by atoms with E-state index in [1.54, 1.807) is 12.3 Å². The minimum Gasteiger partial charge on any atom is -0.465 e. The molecule has 2 atom stereocenters. The van der Waals surface area contributed by atoms with E-state index in [1.807, 2.05) is 48.7 Å². The number of pyridine rings is 1. The van der Waals surface area contributed by atoms with Crippen LogP contribution in [0.2, 0.25) is 0 Å². The van der Waals surface area contributed by atoms with Crippen LogP contribution in [0.1, 0.15) is 47.7 Å². The topological polar surface area (TPSA) is 59.4 Å². The van der Waals surface area contributed by atoms with Crippen LogP contribution in [0.15, 0.2) is 67.0 Å². The Balaban J connectivity index is 1.80. The van der Waals surface area contributed by atoms with Crippen molar-refractivity contribution in [3.63, 3.8) is 0 Å². The van der Waals surface area contributed by atoms with Gasteiger partial charge in [-0.1, -0.05) is 26.0 Å². The Kier molecular flexibility index (Phi) is 6.04. The number of carbonyl (C=O) groups excluding carboxylic acids is 1. The number of benzene rings is 1. The fraction of sp³-hybridized carbons (Fsp3) is 0.292. The summed E-state index contributed by atoms with van der Waals surface area (Å²) in [6.45, 7) is 5.20. The van der Waals surface area contributed by atoms with Crippen LogP contribution in [-0.2, 0) is 4.74 Å². The molecule has 3 heterocycles. The molecule has 1 saturated heterocycles. The molecule has 7 heteroatoms. The highest BCUT2D eigenvalue weighted by Crippen LogP contribution is 2.39. The number of nitrogens with zero attached hydrogens (tertiary/aromatic N) is 3. The predicted molar refractivity (Wildman–Crippen MR) is 124 cm³/mol. The number of nitrogens with one attached hydrogen (secondary N) is 1. The molecule has 0 aliphatic carbocycles. The number of carbonyl (C=O) groups is 1. The molecule has 3 aromatic rings. The number of ether oxygens (including phenoxy) is 1. The van der Waals surface area contributed by atoms with E-state index in [2.05, 4.69) is 39.7 Å². The summed E-state index contributed by atoms with van der Waals surface area (Å²) in [5.74, 6) is 0.0860. The van der Waals surface area contributed by atoms with Gasteiger partial charge in [0.1, 0.15) is 0 Å². The quantitative estimate of drug-likeness (QED) is 0.461. The Morgan fingerprint density at radius 1 is 1.19 bits per heavy atom. The highest BCUT2D eigenvalue weighted by molar-refractivity contribution is 7.80. The zero-order valence-electron chi connectivity index (χ0n) is 17.9. The number of aromatic nitrogens is 2. The first kappa shape index (κ1) is 21.1. The van der Waals surface area contributed by atoms with Crippen molar-refractivity contribution in [1.82, 2.24) is 19.8 Å². The lowest BCUT2D eigenvalue weighted by atomic mass is 10.0. The summed E-state index contributed by atoms with van der Waals surface area (Å²) in [7, 11) is 1.39. The molecule has 2 aromatic heterocycles. The molecule has 1 fully saturated rings. The second kappa shape index (κ2) is 8.89. The third-order valence-corrected chi connectivity index (χ3v) is 5.74. The van der Waals surface area contributed by atoms with Crippen LogP contribution in [0.3, 0.4) is 0 Å². The van der Waals surface area contributed by atoms with E-state index in [1.165, 1.54) is 7.11 Å². The smallest absolute Gasteiger partial charge is 0.337 e. The van der Waals surface area contributed by atoms with Gasteiger partial charge in [-0.2, -0.15) is 0 Å². The zero-order valence-corrected chi connectivity index (χ0v) is 18.7. The summed E-state index contributed by atoms with van der Waals surface area (Å²) in [5, 5.41) is 4.22. The molecule has 0 amide bonds. The maximum Gasteiger partial charge on any atom is 0.337 e. The van der Waals surface area contributed by atoms with Crippen LogP contribution in [0, 0.1) is 5.92 Å². The van der Waals surface area contributed by atoms with Gasteiger partial charge in [0.25, 0.3) is 0 Å². The van der Waals surface area contributed by atoms with Gasteiger partial charge in [0.2, 0.25) is 0 Å². The lowest BCUT2D eigenvalue weighted by Gasteiger charge is -2.30. The Morgan fingerprint density at radius 3 is 2.74 bits per heavy atom. The summed E-state index contributed by atoms with van der Waals surface area (Å²) >= 11 is 5.73. The van der Waals surface area contributed by atoms with Gasteiger partial charge in [0, 0.05) is 30.3 Å². The molecular weight excluding hydrogens is 408 g/mol. The Bertz CT molecular complexity index is 1080. The first-order valence-corrected chi connectivity index (χ1v) is 10.7. The minimum atomic E-state index is -0.355. The van der Waals surface area contributed by atoms with Crippen molar-refractivity contribution in [2.45, 2.75) is 25.9 Å². The lowest BCUT2D eigenvalue weighted by Crippen LogP contribution is -2.33. The molecular formula is C24H26N4O2S. The minimum absolute atomic E-state index is 0.0402. The van der Waals surface area contributed by atoms with Crippen molar-refractivity contribution in [3.8, 4) is 5.69 Å². The molecule has 0 spiro atoms. The van der Waals surface area contributed by atoms with Gasteiger partial charge >= 0.3 is 5.97 Å². The van der Waals surface area contributed by atoms with Crippen molar-refractivity contribution >= 4 is 23.3 Å². The highest BCUT2D eigenvalue weighted by atomic mass is 32.1. The van der Waals surface area contributed by atoms with E-state index in [9.17, 15) is 4.79 Å². The van der Waals surface area contributed by atoms with E-state index < -0.39 is 0 Å². The average Bonchev–Trinajstić information content (AvgIpc) is 3.38. The number of esters is 1. The first-order valence-electron chi connectivity index (χ1n) is 10.3. The third kappa shape index (κ3) is 4.18. The molecule has 1 aliphatic rings.